The van der Waals surface area contributed by atoms with Crippen LogP contribution in [0.2, 0.25) is 0 Å². The fourth-order valence-electron chi connectivity index (χ4n) is 3.65. The highest BCUT2D eigenvalue weighted by atomic mass is 14.9. The highest BCUT2D eigenvalue weighted by Crippen LogP contribution is 2.43. The molecule has 4 aromatic carbocycles. The van der Waals surface area contributed by atoms with Gasteiger partial charge in [0.15, 0.2) is 0 Å². The summed E-state index contributed by atoms with van der Waals surface area (Å²) in [7, 11) is 0. The van der Waals surface area contributed by atoms with Gasteiger partial charge in [-0.15, -0.1) is 0 Å². The summed E-state index contributed by atoms with van der Waals surface area (Å²) < 4.78 is 0. The van der Waals surface area contributed by atoms with Gasteiger partial charge in [0.05, 0.1) is 17.1 Å². The summed E-state index contributed by atoms with van der Waals surface area (Å²) in [6, 6.07) is 33.6. The van der Waals surface area contributed by atoms with E-state index in [1.807, 2.05) is 24.3 Å². The van der Waals surface area contributed by atoms with Crippen molar-refractivity contribution in [3.05, 3.63) is 103 Å². The lowest BCUT2D eigenvalue weighted by atomic mass is 9.82. The fraction of sp³-hybridized carbons (Fsp3) is 0.143. The molecule has 0 aromatic heterocycles. The maximum absolute atomic E-state index is 6.28. The van der Waals surface area contributed by atoms with E-state index in [0.29, 0.717) is 0 Å². The van der Waals surface area contributed by atoms with Crippen LogP contribution in [0.15, 0.2) is 97.1 Å². The van der Waals surface area contributed by atoms with Gasteiger partial charge in [0.2, 0.25) is 0 Å². The molecule has 0 heterocycles. The summed E-state index contributed by atoms with van der Waals surface area (Å²) in [5.41, 5.74) is 15.0. The zero-order chi connectivity index (χ0) is 21.1. The van der Waals surface area contributed by atoms with E-state index >= 15 is 0 Å². The average molecular weight is 393 g/mol. The Bertz CT molecular complexity index is 1080. The molecule has 0 atom stereocenters. The number of hydrogen-bond acceptors (Lipinski definition) is 2. The van der Waals surface area contributed by atoms with Crippen LogP contribution in [0.4, 0.5) is 17.1 Å². The molecule has 2 heteroatoms. The van der Waals surface area contributed by atoms with E-state index in [4.69, 9.17) is 5.73 Å². The first-order valence-corrected chi connectivity index (χ1v) is 10.3. The molecule has 4 aromatic rings. The van der Waals surface area contributed by atoms with Gasteiger partial charge in [0, 0.05) is 11.1 Å². The molecule has 0 bridgehead atoms. The normalized spacial score (nSPS) is 11.3. The third-order valence-corrected chi connectivity index (χ3v) is 5.39. The number of nitrogens with two attached hydrogens (primary N) is 1. The molecular weight excluding hydrogens is 364 g/mol. The Kier molecular flexibility index (Phi) is 5.33. The van der Waals surface area contributed by atoms with Crippen molar-refractivity contribution in [3.63, 3.8) is 0 Å². The van der Waals surface area contributed by atoms with E-state index < -0.39 is 0 Å². The Hall–Kier alpha value is -3.52. The van der Waals surface area contributed by atoms with Crippen molar-refractivity contribution in [3.8, 4) is 22.3 Å². The summed E-state index contributed by atoms with van der Waals surface area (Å²) in [5.74, 6) is 0. The van der Waals surface area contributed by atoms with Crippen LogP contribution in [0.3, 0.4) is 0 Å². The van der Waals surface area contributed by atoms with Gasteiger partial charge in [0.25, 0.3) is 0 Å². The van der Waals surface area contributed by atoms with Crippen LogP contribution < -0.4 is 11.1 Å². The summed E-state index contributed by atoms with van der Waals surface area (Å²) in [6.07, 6.45) is 0. The van der Waals surface area contributed by atoms with Crippen LogP contribution >= 0.6 is 0 Å². The SMILES string of the molecule is CC(C)(C)c1cc(-c2ccccc2)c(Nc2ccccc2N)c(-c2ccccc2)c1. The molecule has 0 fully saturated rings. The summed E-state index contributed by atoms with van der Waals surface area (Å²) in [4.78, 5) is 0. The molecule has 0 saturated heterocycles. The Morgan fingerprint density at radius 1 is 0.633 bits per heavy atom. The molecule has 0 saturated carbocycles. The zero-order valence-corrected chi connectivity index (χ0v) is 17.8. The number of anilines is 3. The molecular formula is C28H28N2. The van der Waals surface area contributed by atoms with Crippen LogP contribution in [-0.4, -0.2) is 0 Å². The Labute approximate surface area is 179 Å². The van der Waals surface area contributed by atoms with Crippen LogP contribution in [0.5, 0.6) is 0 Å². The summed E-state index contributed by atoms with van der Waals surface area (Å²) >= 11 is 0. The second kappa shape index (κ2) is 8.08. The molecule has 0 amide bonds. The van der Waals surface area contributed by atoms with Gasteiger partial charge < -0.3 is 11.1 Å². The second-order valence-electron chi connectivity index (χ2n) is 8.64. The number of benzene rings is 4. The number of rotatable bonds is 4. The lowest BCUT2D eigenvalue weighted by molar-refractivity contribution is 0.591. The monoisotopic (exact) mass is 392 g/mol. The lowest BCUT2D eigenvalue weighted by Gasteiger charge is -2.25. The minimum atomic E-state index is 0.0252. The van der Waals surface area contributed by atoms with E-state index in [9.17, 15) is 0 Å². The van der Waals surface area contributed by atoms with Crippen LogP contribution in [0, 0.1) is 0 Å². The van der Waals surface area contributed by atoms with E-state index in [1.54, 1.807) is 0 Å². The van der Waals surface area contributed by atoms with Gasteiger partial charge in [-0.1, -0.05) is 93.6 Å². The van der Waals surface area contributed by atoms with Crippen molar-refractivity contribution >= 4 is 17.1 Å². The Balaban J connectivity index is 2.02. The maximum atomic E-state index is 6.28. The Morgan fingerprint density at radius 2 is 1.10 bits per heavy atom. The van der Waals surface area contributed by atoms with Gasteiger partial charge in [-0.2, -0.15) is 0 Å². The second-order valence-corrected chi connectivity index (χ2v) is 8.64. The van der Waals surface area contributed by atoms with Gasteiger partial charge in [-0.25, -0.2) is 0 Å². The topological polar surface area (TPSA) is 38.0 Å². The average Bonchev–Trinajstić information content (AvgIpc) is 2.76. The highest BCUT2D eigenvalue weighted by Gasteiger charge is 2.21. The van der Waals surface area contributed by atoms with Crippen molar-refractivity contribution in [1.29, 1.82) is 0 Å². The first kappa shape index (κ1) is 19.8. The quantitative estimate of drug-likeness (QED) is 0.350. The maximum Gasteiger partial charge on any atom is 0.0618 e. The zero-order valence-electron chi connectivity index (χ0n) is 17.8. The Morgan fingerprint density at radius 3 is 1.57 bits per heavy atom. The van der Waals surface area contributed by atoms with Gasteiger partial charge >= 0.3 is 0 Å². The minimum absolute atomic E-state index is 0.0252. The molecule has 2 nitrogen and oxygen atoms in total. The van der Waals surface area contributed by atoms with E-state index in [0.717, 1.165) is 17.1 Å². The lowest BCUT2D eigenvalue weighted by Crippen LogP contribution is -2.12. The molecule has 0 spiro atoms. The van der Waals surface area contributed by atoms with Crippen molar-refractivity contribution in [2.75, 3.05) is 11.1 Å². The van der Waals surface area contributed by atoms with Gasteiger partial charge in [0.1, 0.15) is 0 Å². The minimum Gasteiger partial charge on any atom is -0.397 e. The van der Waals surface area contributed by atoms with Gasteiger partial charge in [-0.3, -0.25) is 0 Å². The smallest absolute Gasteiger partial charge is 0.0618 e. The number of nitrogens with one attached hydrogen (secondary N) is 1. The molecule has 0 aliphatic rings. The van der Waals surface area contributed by atoms with Gasteiger partial charge in [-0.05, 0) is 46.4 Å². The first-order valence-electron chi connectivity index (χ1n) is 10.3. The summed E-state index contributed by atoms with van der Waals surface area (Å²) in [6.45, 7) is 6.77. The van der Waals surface area contributed by atoms with E-state index in [2.05, 4.69) is 98.9 Å². The highest BCUT2D eigenvalue weighted by molar-refractivity contribution is 5.94. The van der Waals surface area contributed by atoms with Crippen molar-refractivity contribution in [2.24, 2.45) is 0 Å². The molecule has 0 aliphatic heterocycles. The number of nitrogen functional groups attached to an aromatic ring is 1. The van der Waals surface area contributed by atoms with Crippen molar-refractivity contribution in [1.82, 2.24) is 0 Å². The molecule has 30 heavy (non-hydrogen) atoms. The molecule has 4 rings (SSSR count). The fourth-order valence-corrected chi connectivity index (χ4v) is 3.65. The molecule has 3 N–H and O–H groups in total. The van der Waals surface area contributed by atoms with Crippen LogP contribution in [-0.2, 0) is 5.41 Å². The summed E-state index contributed by atoms with van der Waals surface area (Å²) in [5, 5.41) is 3.66. The predicted octanol–water partition coefficient (Wildman–Crippen LogP) is 7.64. The third kappa shape index (κ3) is 4.08. The molecule has 0 unspecified atom stereocenters. The number of para-hydroxylation sites is 2. The third-order valence-electron chi connectivity index (χ3n) is 5.39. The standard InChI is InChI=1S/C28H28N2/c1-28(2,3)22-18-23(20-12-6-4-7-13-20)27(30-26-17-11-10-16-25(26)29)24(19-22)21-14-8-5-9-15-21/h4-19,30H,29H2,1-3H3. The van der Waals surface area contributed by atoms with Crippen LogP contribution in [0.25, 0.3) is 22.3 Å². The predicted molar refractivity (Wildman–Crippen MR) is 130 cm³/mol. The molecule has 150 valence electrons. The van der Waals surface area contributed by atoms with Crippen molar-refractivity contribution < 1.29 is 0 Å². The largest absolute Gasteiger partial charge is 0.397 e. The van der Waals surface area contributed by atoms with Crippen molar-refractivity contribution in [2.45, 2.75) is 26.2 Å². The van der Waals surface area contributed by atoms with E-state index in [1.165, 1.54) is 27.8 Å². The van der Waals surface area contributed by atoms with Crippen LogP contribution in [0.1, 0.15) is 26.3 Å². The molecule has 0 radical (unpaired) electrons. The first-order chi connectivity index (χ1) is 14.4. The number of hydrogen-bond donors (Lipinski definition) is 2. The van der Waals surface area contributed by atoms with E-state index in [-0.39, 0.29) is 5.41 Å². The molecule has 0 aliphatic carbocycles.